The van der Waals surface area contributed by atoms with Gasteiger partial charge in [-0.25, -0.2) is 0 Å². The Morgan fingerprint density at radius 2 is 1.25 bits per heavy atom. The molecule has 4 fully saturated rings. The van der Waals surface area contributed by atoms with Gasteiger partial charge >= 0.3 is 12.0 Å². The quantitative estimate of drug-likeness (QED) is 0.114. The van der Waals surface area contributed by atoms with E-state index in [0.29, 0.717) is 103 Å². The predicted octanol–water partition coefficient (Wildman–Crippen LogP) is 6.34. The van der Waals surface area contributed by atoms with Crippen LogP contribution in [-0.2, 0) is 35.5 Å². The molecule has 1 N–H and O–H groups in total. The lowest BCUT2D eigenvalue weighted by Crippen LogP contribution is -2.49. The first kappa shape index (κ1) is 54.1. The third kappa shape index (κ3) is 11.4. The van der Waals surface area contributed by atoms with Crippen LogP contribution < -0.4 is 29.1 Å². The molecule has 424 valence electrons. The number of aromatic hydroxyl groups is 1. The fourth-order valence-corrected chi connectivity index (χ4v) is 13.2. The molecule has 0 saturated carbocycles. The molecular formula is C63H77N13O5. The highest BCUT2D eigenvalue weighted by atomic mass is 16.5. The lowest BCUT2D eigenvalue weighted by molar-refractivity contribution is -0.127. The summed E-state index contributed by atoms with van der Waals surface area (Å²) in [6.45, 7) is 15.3. The van der Waals surface area contributed by atoms with Crippen molar-refractivity contribution in [3.63, 3.8) is 0 Å². The van der Waals surface area contributed by atoms with Gasteiger partial charge in [0.1, 0.15) is 30.6 Å². The Bertz CT molecular complexity index is 3340. The van der Waals surface area contributed by atoms with E-state index < -0.39 is 0 Å². The van der Waals surface area contributed by atoms with Crippen LogP contribution in [-0.4, -0.2) is 200 Å². The molecule has 18 heteroatoms. The highest BCUT2D eigenvalue weighted by Crippen LogP contribution is 2.42. The summed E-state index contributed by atoms with van der Waals surface area (Å²) in [6, 6.07) is 26.7. The van der Waals surface area contributed by atoms with Crippen molar-refractivity contribution in [2.24, 2.45) is 0 Å². The van der Waals surface area contributed by atoms with Crippen LogP contribution in [0.4, 0.5) is 23.0 Å². The van der Waals surface area contributed by atoms with Crippen molar-refractivity contribution in [1.82, 2.24) is 44.4 Å². The number of amides is 2. The van der Waals surface area contributed by atoms with Gasteiger partial charge in [0.15, 0.2) is 0 Å². The summed E-state index contributed by atoms with van der Waals surface area (Å²) < 4.78 is 13.2. The molecule has 6 aliphatic rings. The van der Waals surface area contributed by atoms with Gasteiger partial charge in [0.05, 0.1) is 24.5 Å². The van der Waals surface area contributed by atoms with Crippen LogP contribution in [0.1, 0.15) is 53.3 Å². The maximum atomic E-state index is 13.2. The zero-order chi connectivity index (χ0) is 55.7. The molecule has 6 aliphatic heterocycles. The SMILES string of the molecule is C=CC(=O)N1CCN(c2nc(OC[C@@H]3CCCN3C)nc3c2CCN(c2ccc(C4C[C@@H](COc5nc6c(c(N7CCN(C(=O)/C=C/CN(C)C)CC7)n5)CCN(c5cc(O)cc7ccccc57)C6)N(C)C4)c4ccccc24)C3)CC1. The van der Waals surface area contributed by atoms with Gasteiger partial charge in [0.2, 0.25) is 11.8 Å². The number of fused-ring (bicyclic) bond motifs is 4. The van der Waals surface area contributed by atoms with Gasteiger partial charge in [-0.1, -0.05) is 67.3 Å². The van der Waals surface area contributed by atoms with Crippen molar-refractivity contribution >= 4 is 56.4 Å². The molecule has 0 radical (unpaired) electrons. The molecule has 3 atom stereocenters. The standard InChI is InChI=1S/C63H77N13O5/c1-6-58(78)71-27-31-73(32-28-71)60-52-21-25-75(39-54(52)64-62(66-60)80-41-45-14-11-24-69(45)4)56-20-19-48(50-16-9-10-17-51(50)56)44-35-46(70(5)38-44)42-81-63-65-55-40-76(57-37-47(77)36-43-13-7-8-15-49(43)57)26-22-53(55)61(67-63)74-33-29-72(30-34-74)59(79)18-12-23-68(2)3/h6-10,12-13,15-20,36-37,44-46,77H,1,11,14,21-35,38-42H2,2-5H3/b18-12+/t44?,45-,46-/m0/s1. The topological polar surface area (TPSA) is 154 Å². The predicted molar refractivity (Wildman–Crippen MR) is 319 cm³/mol. The number of ether oxygens (including phenoxy) is 2. The van der Waals surface area contributed by atoms with Crippen molar-refractivity contribution in [2.75, 3.05) is 146 Å². The van der Waals surface area contributed by atoms with Crippen LogP contribution in [0, 0.1) is 0 Å². The number of aromatic nitrogens is 4. The Morgan fingerprint density at radius 3 is 1.86 bits per heavy atom. The zero-order valence-electron chi connectivity index (χ0n) is 47.5. The molecule has 81 heavy (non-hydrogen) atoms. The molecule has 1 unspecified atom stereocenters. The van der Waals surface area contributed by atoms with Crippen LogP contribution in [0.25, 0.3) is 21.5 Å². The number of hydrogen-bond acceptors (Lipinski definition) is 16. The first-order valence-corrected chi connectivity index (χ1v) is 29.1. The van der Waals surface area contributed by atoms with E-state index in [2.05, 4.69) is 92.5 Å². The highest BCUT2D eigenvalue weighted by Gasteiger charge is 2.36. The smallest absolute Gasteiger partial charge is 0.318 e. The van der Waals surface area contributed by atoms with Crippen molar-refractivity contribution < 1.29 is 24.2 Å². The number of nitrogens with zero attached hydrogens (tertiary/aromatic N) is 13. The molecule has 18 nitrogen and oxygen atoms in total. The number of likely N-dealkylation sites (N-methyl/N-ethyl adjacent to an activating group) is 3. The second-order valence-corrected chi connectivity index (χ2v) is 23.2. The second-order valence-electron chi connectivity index (χ2n) is 23.2. The number of likely N-dealkylation sites (tertiary alicyclic amines) is 2. The Balaban J connectivity index is 0.769. The average Bonchev–Trinajstić information content (AvgIpc) is 4.25. The zero-order valence-corrected chi connectivity index (χ0v) is 47.5. The largest absolute Gasteiger partial charge is 0.508 e. The van der Waals surface area contributed by atoms with Gasteiger partial charge in [-0.3, -0.25) is 14.5 Å². The van der Waals surface area contributed by atoms with Gasteiger partial charge in [-0.2, -0.15) is 19.9 Å². The lowest BCUT2D eigenvalue weighted by atomic mass is 9.90. The number of phenols is 1. The third-order valence-corrected chi connectivity index (χ3v) is 17.8. The Labute approximate surface area is 475 Å². The summed E-state index contributed by atoms with van der Waals surface area (Å²) in [6.07, 6.45) is 9.73. The summed E-state index contributed by atoms with van der Waals surface area (Å²) in [5.41, 5.74) is 7.71. The van der Waals surface area contributed by atoms with Gasteiger partial charge in [0, 0.05) is 136 Å². The van der Waals surface area contributed by atoms with E-state index >= 15 is 0 Å². The molecule has 6 aromatic rings. The van der Waals surface area contributed by atoms with E-state index in [9.17, 15) is 14.7 Å². The molecule has 0 spiro atoms. The van der Waals surface area contributed by atoms with E-state index in [4.69, 9.17) is 29.4 Å². The molecule has 2 aromatic heterocycles. The number of carbonyl (C=O) groups excluding carboxylic acids is 2. The number of benzene rings is 4. The number of phenolic OH excluding ortho intramolecular Hbond substituents is 1. The molecule has 4 aromatic carbocycles. The van der Waals surface area contributed by atoms with Crippen LogP contribution in [0.5, 0.6) is 17.8 Å². The normalized spacial score (nSPS) is 20.9. The molecular weight excluding hydrogens is 1020 g/mol. The van der Waals surface area contributed by atoms with Gasteiger partial charge < -0.3 is 53.8 Å². The fourth-order valence-electron chi connectivity index (χ4n) is 13.2. The third-order valence-electron chi connectivity index (χ3n) is 17.8. The van der Waals surface area contributed by atoms with Crippen LogP contribution >= 0.6 is 0 Å². The maximum Gasteiger partial charge on any atom is 0.318 e. The van der Waals surface area contributed by atoms with E-state index in [1.165, 1.54) is 40.1 Å². The van der Waals surface area contributed by atoms with Crippen molar-refractivity contribution in [1.29, 1.82) is 0 Å². The van der Waals surface area contributed by atoms with Crippen LogP contribution in [0.15, 0.2) is 97.6 Å². The minimum absolute atomic E-state index is 0.0329. The van der Waals surface area contributed by atoms with E-state index in [0.717, 1.165) is 96.9 Å². The fraction of sp³-hybridized carbons (Fsp3) is 0.460. The first-order valence-electron chi connectivity index (χ1n) is 29.1. The first-order chi connectivity index (χ1) is 39.4. The van der Waals surface area contributed by atoms with Crippen molar-refractivity contribution in [2.45, 2.75) is 63.2 Å². The van der Waals surface area contributed by atoms with Gasteiger partial charge in [0.25, 0.3) is 0 Å². The summed E-state index contributed by atoms with van der Waals surface area (Å²) >= 11 is 0. The van der Waals surface area contributed by atoms with Crippen LogP contribution in [0.2, 0.25) is 0 Å². The van der Waals surface area contributed by atoms with Crippen molar-refractivity contribution in [3.05, 3.63) is 126 Å². The number of hydrogen-bond donors (Lipinski definition) is 1. The molecule has 12 rings (SSSR count). The molecule has 0 aliphatic carbocycles. The highest BCUT2D eigenvalue weighted by molar-refractivity contribution is 5.98. The number of piperazine rings is 2. The number of carbonyl (C=O) groups is 2. The minimum Gasteiger partial charge on any atom is -0.508 e. The molecule has 8 heterocycles. The van der Waals surface area contributed by atoms with E-state index in [1.54, 1.807) is 6.08 Å². The number of anilines is 4. The van der Waals surface area contributed by atoms with Gasteiger partial charge in [-0.15, -0.1) is 0 Å². The van der Waals surface area contributed by atoms with E-state index in [1.807, 2.05) is 65.2 Å². The second kappa shape index (κ2) is 23.5. The monoisotopic (exact) mass is 1100 g/mol. The number of rotatable bonds is 15. The summed E-state index contributed by atoms with van der Waals surface area (Å²) in [5.74, 6) is 2.34. The summed E-state index contributed by atoms with van der Waals surface area (Å²) in [5, 5.41) is 15.4. The van der Waals surface area contributed by atoms with Crippen molar-refractivity contribution in [3.8, 4) is 17.8 Å². The van der Waals surface area contributed by atoms with Gasteiger partial charge in [-0.05, 0) is 107 Å². The lowest BCUT2D eigenvalue weighted by Gasteiger charge is -2.38. The Hall–Kier alpha value is -7.54. The summed E-state index contributed by atoms with van der Waals surface area (Å²) in [4.78, 5) is 66.3. The summed E-state index contributed by atoms with van der Waals surface area (Å²) in [7, 11) is 8.35. The molecule has 2 amide bonds. The Kier molecular flexibility index (Phi) is 15.7. The molecule has 4 saturated heterocycles. The molecule has 0 bridgehead atoms. The van der Waals surface area contributed by atoms with E-state index in [-0.39, 0.29) is 29.5 Å². The average molecular weight is 1100 g/mol. The van der Waals surface area contributed by atoms with Crippen LogP contribution in [0.3, 0.4) is 0 Å². The minimum atomic E-state index is -0.0329. The Morgan fingerprint density at radius 1 is 0.654 bits per heavy atom. The maximum absolute atomic E-state index is 13.2.